The lowest BCUT2D eigenvalue weighted by Gasteiger charge is -2.15. The Kier molecular flexibility index (Phi) is 1.54. The Morgan fingerprint density at radius 3 is 3.21 bits per heavy atom. The molecule has 1 aromatic heterocycles. The van der Waals surface area contributed by atoms with E-state index in [1.807, 2.05) is 12.4 Å². The number of rotatable bonds is 1. The van der Waals surface area contributed by atoms with Crippen molar-refractivity contribution < 1.29 is 4.74 Å². The van der Waals surface area contributed by atoms with E-state index in [2.05, 4.69) is 15.6 Å². The highest BCUT2D eigenvalue weighted by molar-refractivity contribution is 5.81. The zero-order valence-corrected chi connectivity index (χ0v) is 8.16. The number of methoxy groups -OCH3 is 1. The number of imidazole rings is 1. The zero-order valence-electron chi connectivity index (χ0n) is 8.16. The monoisotopic (exact) mass is 188 g/mol. The second kappa shape index (κ2) is 2.74. The van der Waals surface area contributed by atoms with Crippen molar-refractivity contribution in [3.8, 4) is 5.75 Å². The molecule has 0 bridgehead atoms. The van der Waals surface area contributed by atoms with Gasteiger partial charge in [-0.1, -0.05) is 0 Å². The van der Waals surface area contributed by atoms with Crippen LogP contribution in [-0.2, 0) is 13.0 Å². The van der Waals surface area contributed by atoms with Crippen LogP contribution in [0.25, 0.3) is 11.0 Å². The van der Waals surface area contributed by atoms with Crippen LogP contribution in [0.2, 0.25) is 0 Å². The minimum atomic E-state index is 0.916. The van der Waals surface area contributed by atoms with Crippen LogP contribution in [0.4, 0.5) is 0 Å². The number of hydrogen-bond acceptors (Lipinski definition) is 2. The first-order valence-corrected chi connectivity index (χ1v) is 4.90. The molecule has 0 saturated heterocycles. The molecule has 1 aromatic carbocycles. The van der Waals surface area contributed by atoms with Crippen molar-refractivity contribution in [2.24, 2.45) is 0 Å². The molecule has 72 valence electrons. The summed E-state index contributed by atoms with van der Waals surface area (Å²) in [5.74, 6) is 0.916. The van der Waals surface area contributed by atoms with E-state index in [1.54, 1.807) is 7.11 Å². The van der Waals surface area contributed by atoms with Crippen molar-refractivity contribution in [3.05, 3.63) is 24.0 Å². The topological polar surface area (TPSA) is 27.1 Å². The molecule has 2 heterocycles. The van der Waals surface area contributed by atoms with Crippen LogP contribution in [0, 0.1) is 0 Å². The van der Waals surface area contributed by atoms with Crippen molar-refractivity contribution in [1.29, 1.82) is 0 Å². The summed E-state index contributed by atoms with van der Waals surface area (Å²) in [6.07, 6.45) is 4.26. The van der Waals surface area contributed by atoms with E-state index in [0.29, 0.717) is 0 Å². The van der Waals surface area contributed by atoms with Crippen molar-refractivity contribution in [2.75, 3.05) is 7.11 Å². The van der Waals surface area contributed by atoms with Gasteiger partial charge in [-0.25, -0.2) is 4.98 Å². The third kappa shape index (κ3) is 0.953. The molecule has 0 aliphatic carbocycles. The SMILES string of the molecule is COc1cc2c3c(c1)ncn3CCC2. The van der Waals surface area contributed by atoms with Gasteiger partial charge >= 0.3 is 0 Å². The summed E-state index contributed by atoms with van der Waals surface area (Å²) >= 11 is 0. The summed E-state index contributed by atoms with van der Waals surface area (Å²) in [5.41, 5.74) is 3.71. The van der Waals surface area contributed by atoms with Crippen LogP contribution in [0.1, 0.15) is 12.0 Å². The van der Waals surface area contributed by atoms with Gasteiger partial charge in [0.05, 0.1) is 24.5 Å². The van der Waals surface area contributed by atoms with Gasteiger partial charge in [-0.15, -0.1) is 0 Å². The molecule has 3 nitrogen and oxygen atoms in total. The first-order valence-electron chi connectivity index (χ1n) is 4.90. The smallest absolute Gasteiger partial charge is 0.121 e. The van der Waals surface area contributed by atoms with Gasteiger partial charge in [0.1, 0.15) is 5.75 Å². The minimum Gasteiger partial charge on any atom is -0.497 e. The maximum absolute atomic E-state index is 5.25. The van der Waals surface area contributed by atoms with E-state index in [9.17, 15) is 0 Å². The largest absolute Gasteiger partial charge is 0.497 e. The van der Waals surface area contributed by atoms with Crippen molar-refractivity contribution in [3.63, 3.8) is 0 Å². The summed E-state index contributed by atoms with van der Waals surface area (Å²) in [5, 5.41) is 0. The maximum atomic E-state index is 5.25. The van der Waals surface area contributed by atoms with Gasteiger partial charge in [-0.05, 0) is 24.5 Å². The van der Waals surface area contributed by atoms with E-state index < -0.39 is 0 Å². The number of hydrogen-bond donors (Lipinski definition) is 0. The predicted molar refractivity (Wildman–Crippen MR) is 54.6 cm³/mol. The lowest BCUT2D eigenvalue weighted by molar-refractivity contribution is 0.414. The number of ether oxygens (including phenoxy) is 1. The number of benzene rings is 1. The lowest BCUT2D eigenvalue weighted by Crippen LogP contribution is -2.06. The highest BCUT2D eigenvalue weighted by Crippen LogP contribution is 2.28. The molecule has 3 heteroatoms. The Morgan fingerprint density at radius 2 is 2.36 bits per heavy atom. The standard InChI is InChI=1S/C11H12N2O/c1-14-9-5-8-3-2-4-13-7-12-10(6-9)11(8)13/h5-7H,2-4H2,1H3. The first-order chi connectivity index (χ1) is 6.88. The number of aromatic nitrogens is 2. The molecule has 1 aliphatic rings. The summed E-state index contributed by atoms with van der Waals surface area (Å²) in [6.45, 7) is 1.09. The second-order valence-electron chi connectivity index (χ2n) is 3.70. The molecule has 2 aromatic rings. The maximum Gasteiger partial charge on any atom is 0.121 e. The van der Waals surface area contributed by atoms with Crippen LogP contribution >= 0.6 is 0 Å². The number of aryl methyl sites for hydroxylation is 2. The van der Waals surface area contributed by atoms with Gasteiger partial charge in [0.2, 0.25) is 0 Å². The Balaban J connectivity index is 2.36. The number of nitrogens with zero attached hydrogens (tertiary/aromatic N) is 2. The molecular weight excluding hydrogens is 176 g/mol. The van der Waals surface area contributed by atoms with Crippen molar-refractivity contribution in [2.45, 2.75) is 19.4 Å². The molecule has 0 spiro atoms. The summed E-state index contributed by atoms with van der Waals surface area (Å²) < 4.78 is 7.48. The Hall–Kier alpha value is -1.51. The van der Waals surface area contributed by atoms with E-state index in [-0.39, 0.29) is 0 Å². The van der Waals surface area contributed by atoms with Crippen LogP contribution in [0.5, 0.6) is 5.75 Å². The summed E-state index contributed by atoms with van der Waals surface area (Å²) in [7, 11) is 1.70. The van der Waals surface area contributed by atoms with Gasteiger partial charge in [0.25, 0.3) is 0 Å². The average molecular weight is 188 g/mol. The van der Waals surface area contributed by atoms with Crippen LogP contribution < -0.4 is 4.74 Å². The molecular formula is C11H12N2O. The molecule has 0 radical (unpaired) electrons. The molecule has 14 heavy (non-hydrogen) atoms. The fraction of sp³-hybridized carbons (Fsp3) is 0.364. The molecule has 3 rings (SSSR count). The highest BCUT2D eigenvalue weighted by atomic mass is 16.5. The fourth-order valence-corrected chi connectivity index (χ4v) is 2.19. The molecule has 0 atom stereocenters. The Morgan fingerprint density at radius 1 is 1.43 bits per heavy atom. The van der Waals surface area contributed by atoms with Crippen LogP contribution in [0.15, 0.2) is 18.5 Å². The minimum absolute atomic E-state index is 0.916. The highest BCUT2D eigenvalue weighted by Gasteiger charge is 2.14. The Labute approximate surface area is 82.3 Å². The summed E-state index contributed by atoms with van der Waals surface area (Å²) in [4.78, 5) is 4.38. The van der Waals surface area contributed by atoms with E-state index in [4.69, 9.17) is 4.74 Å². The average Bonchev–Trinajstić information content (AvgIpc) is 2.64. The van der Waals surface area contributed by atoms with E-state index >= 15 is 0 Å². The van der Waals surface area contributed by atoms with Gasteiger partial charge in [-0.3, -0.25) is 0 Å². The van der Waals surface area contributed by atoms with Crippen LogP contribution in [0.3, 0.4) is 0 Å². The first kappa shape index (κ1) is 7.85. The van der Waals surface area contributed by atoms with Gasteiger partial charge in [-0.2, -0.15) is 0 Å². The lowest BCUT2D eigenvalue weighted by atomic mass is 10.0. The molecule has 0 fully saturated rings. The van der Waals surface area contributed by atoms with Crippen molar-refractivity contribution in [1.82, 2.24) is 9.55 Å². The van der Waals surface area contributed by atoms with E-state index in [0.717, 1.165) is 24.2 Å². The zero-order chi connectivity index (χ0) is 9.54. The van der Waals surface area contributed by atoms with Gasteiger partial charge in [0.15, 0.2) is 0 Å². The van der Waals surface area contributed by atoms with Crippen LogP contribution in [-0.4, -0.2) is 16.7 Å². The molecule has 0 N–H and O–H groups in total. The van der Waals surface area contributed by atoms with E-state index in [1.165, 1.54) is 17.5 Å². The second-order valence-corrected chi connectivity index (χ2v) is 3.70. The third-order valence-corrected chi connectivity index (χ3v) is 2.85. The normalized spacial score (nSPS) is 14.6. The molecule has 0 unspecified atom stereocenters. The van der Waals surface area contributed by atoms with Gasteiger partial charge < -0.3 is 9.30 Å². The quantitative estimate of drug-likeness (QED) is 0.684. The molecule has 1 aliphatic heterocycles. The fourth-order valence-electron chi connectivity index (χ4n) is 2.19. The third-order valence-electron chi connectivity index (χ3n) is 2.85. The van der Waals surface area contributed by atoms with Gasteiger partial charge in [0, 0.05) is 12.6 Å². The van der Waals surface area contributed by atoms with Crippen molar-refractivity contribution >= 4 is 11.0 Å². The predicted octanol–water partition coefficient (Wildman–Crippen LogP) is 1.99. The Bertz CT molecular complexity index is 487. The summed E-state index contributed by atoms with van der Waals surface area (Å²) in [6, 6.07) is 4.13. The molecule has 0 amide bonds. The molecule has 0 saturated carbocycles.